The summed E-state index contributed by atoms with van der Waals surface area (Å²) in [6.45, 7) is 1.81. The predicted molar refractivity (Wildman–Crippen MR) is 87.3 cm³/mol. The van der Waals surface area contributed by atoms with E-state index < -0.39 is 24.2 Å². The van der Waals surface area contributed by atoms with Crippen LogP contribution >= 0.6 is 0 Å². The van der Waals surface area contributed by atoms with Crippen LogP contribution in [0.4, 0.5) is 14.5 Å². The second kappa shape index (κ2) is 5.42. The summed E-state index contributed by atoms with van der Waals surface area (Å²) in [5.41, 5.74) is 8.78. The molecule has 3 aromatic heterocycles. The molecule has 3 aromatic rings. The summed E-state index contributed by atoms with van der Waals surface area (Å²) in [4.78, 5) is 8.56. The first-order valence-electron chi connectivity index (χ1n) is 7.95. The third-order valence-electron chi connectivity index (χ3n) is 4.79. The number of aromatic nitrogens is 4. The Kier molecular flexibility index (Phi) is 3.41. The van der Waals surface area contributed by atoms with Crippen molar-refractivity contribution in [3.8, 4) is 6.07 Å². The minimum atomic E-state index is -2.80. The number of nitrogen functional groups attached to an aromatic ring is 1. The third-order valence-corrected chi connectivity index (χ3v) is 4.79. The summed E-state index contributed by atoms with van der Waals surface area (Å²) in [7, 11) is 0. The van der Waals surface area contributed by atoms with Gasteiger partial charge in [0, 0.05) is 36.7 Å². The normalized spacial score (nSPS) is 17.6. The van der Waals surface area contributed by atoms with E-state index in [9.17, 15) is 14.0 Å². The second-order valence-corrected chi connectivity index (χ2v) is 6.66. The minimum absolute atomic E-state index is 0.346. The highest BCUT2D eigenvalue weighted by Crippen LogP contribution is 2.52. The Labute approximate surface area is 146 Å². The highest BCUT2D eigenvalue weighted by molar-refractivity contribution is 5.85. The van der Waals surface area contributed by atoms with E-state index in [1.807, 2.05) is 13.0 Å². The SMILES string of the molecule is Cc1nc2nonc2c(N)c1Cc1ccc(C2(C#N)CC(F)(F)C2)nc1. The van der Waals surface area contributed by atoms with Gasteiger partial charge in [-0.3, -0.25) is 4.98 Å². The van der Waals surface area contributed by atoms with Crippen LogP contribution in [0.5, 0.6) is 0 Å². The molecule has 1 aliphatic carbocycles. The number of hydrogen-bond acceptors (Lipinski definition) is 7. The number of nitrogens with two attached hydrogens (primary N) is 1. The van der Waals surface area contributed by atoms with Crippen molar-refractivity contribution in [3.05, 3.63) is 40.8 Å². The van der Waals surface area contributed by atoms with Gasteiger partial charge in [0.25, 0.3) is 5.92 Å². The van der Waals surface area contributed by atoms with Gasteiger partial charge in [-0.2, -0.15) is 5.26 Å². The molecule has 1 saturated carbocycles. The summed E-state index contributed by atoms with van der Waals surface area (Å²) >= 11 is 0. The zero-order valence-corrected chi connectivity index (χ0v) is 13.8. The first-order chi connectivity index (χ1) is 12.3. The third kappa shape index (κ3) is 2.45. The van der Waals surface area contributed by atoms with Crippen LogP contribution in [-0.2, 0) is 11.8 Å². The van der Waals surface area contributed by atoms with E-state index in [1.54, 1.807) is 18.3 Å². The number of rotatable bonds is 3. The highest BCUT2D eigenvalue weighted by atomic mass is 19.3. The molecule has 0 aliphatic heterocycles. The van der Waals surface area contributed by atoms with E-state index in [0.29, 0.717) is 34.7 Å². The molecule has 0 atom stereocenters. The number of aryl methyl sites for hydroxylation is 1. The number of halogens is 2. The summed E-state index contributed by atoms with van der Waals surface area (Å²) in [5.74, 6) is -2.80. The summed E-state index contributed by atoms with van der Waals surface area (Å²) < 4.78 is 31.1. The molecule has 132 valence electrons. The topological polar surface area (TPSA) is 115 Å². The Morgan fingerprint density at radius 2 is 2.08 bits per heavy atom. The van der Waals surface area contributed by atoms with Crippen molar-refractivity contribution in [2.45, 2.75) is 37.5 Å². The molecule has 0 amide bonds. The lowest BCUT2D eigenvalue weighted by molar-refractivity contribution is -0.110. The standard InChI is InChI=1S/C17H14F2N6O/c1-9-11(13(21)14-15(23-9)25-26-24-14)4-10-2-3-12(22-5-10)16(8-20)6-17(18,19)7-16/h2-3,5H,4,6-7,21H2,1H3. The smallest absolute Gasteiger partial charge is 0.252 e. The van der Waals surface area contributed by atoms with Crippen LogP contribution in [0, 0.1) is 18.3 Å². The zero-order chi connectivity index (χ0) is 18.5. The van der Waals surface area contributed by atoms with Gasteiger partial charge in [-0.05, 0) is 28.9 Å². The molecule has 9 heteroatoms. The molecule has 0 unspecified atom stereocenters. The van der Waals surface area contributed by atoms with Gasteiger partial charge in [0.05, 0.1) is 17.5 Å². The Balaban J connectivity index is 1.62. The van der Waals surface area contributed by atoms with Crippen molar-refractivity contribution in [1.82, 2.24) is 20.3 Å². The molecular weight excluding hydrogens is 342 g/mol. The molecule has 0 bridgehead atoms. The van der Waals surface area contributed by atoms with E-state index in [2.05, 4.69) is 24.9 Å². The molecule has 0 spiro atoms. The number of anilines is 1. The molecule has 0 saturated heterocycles. The Bertz CT molecular complexity index is 1030. The lowest BCUT2D eigenvalue weighted by atomic mass is 9.65. The fraction of sp³-hybridized carbons (Fsp3) is 0.353. The highest BCUT2D eigenvalue weighted by Gasteiger charge is 2.58. The maximum absolute atomic E-state index is 13.2. The van der Waals surface area contributed by atoms with Gasteiger partial charge in [0.1, 0.15) is 5.41 Å². The summed E-state index contributed by atoms with van der Waals surface area (Å²) in [5, 5.41) is 16.7. The lowest BCUT2D eigenvalue weighted by Crippen LogP contribution is -2.48. The number of pyridine rings is 2. The monoisotopic (exact) mass is 356 g/mol. The van der Waals surface area contributed by atoms with Crippen molar-refractivity contribution >= 4 is 16.9 Å². The van der Waals surface area contributed by atoms with Gasteiger partial charge in [0.2, 0.25) is 5.65 Å². The predicted octanol–water partition coefficient (Wildman–Crippen LogP) is 2.68. The Morgan fingerprint density at radius 3 is 2.69 bits per heavy atom. The molecular formula is C17H14F2N6O. The molecule has 1 aliphatic rings. The second-order valence-electron chi connectivity index (χ2n) is 6.66. The molecule has 3 heterocycles. The fourth-order valence-corrected chi connectivity index (χ4v) is 3.38. The van der Waals surface area contributed by atoms with Gasteiger partial charge in [-0.15, -0.1) is 0 Å². The van der Waals surface area contributed by atoms with Crippen molar-refractivity contribution in [2.24, 2.45) is 0 Å². The van der Waals surface area contributed by atoms with Crippen molar-refractivity contribution in [3.63, 3.8) is 0 Å². The molecule has 7 nitrogen and oxygen atoms in total. The van der Waals surface area contributed by atoms with Gasteiger partial charge in [-0.1, -0.05) is 6.07 Å². The number of hydrogen-bond donors (Lipinski definition) is 1. The quantitative estimate of drug-likeness (QED) is 0.767. The van der Waals surface area contributed by atoms with Crippen LogP contribution < -0.4 is 5.73 Å². The molecule has 4 rings (SSSR count). The molecule has 0 aromatic carbocycles. The zero-order valence-electron chi connectivity index (χ0n) is 13.8. The Morgan fingerprint density at radius 1 is 1.31 bits per heavy atom. The average molecular weight is 356 g/mol. The maximum atomic E-state index is 13.2. The van der Waals surface area contributed by atoms with E-state index in [1.165, 1.54) is 0 Å². The van der Waals surface area contributed by atoms with Gasteiger partial charge in [-0.25, -0.2) is 18.4 Å². The number of nitriles is 1. The number of alkyl halides is 2. The molecule has 1 fully saturated rings. The van der Waals surface area contributed by atoms with Gasteiger partial charge >= 0.3 is 0 Å². The number of fused-ring (bicyclic) bond motifs is 1. The minimum Gasteiger partial charge on any atom is -0.396 e. The van der Waals surface area contributed by atoms with Gasteiger partial charge < -0.3 is 5.73 Å². The van der Waals surface area contributed by atoms with E-state index in [-0.39, 0.29) is 0 Å². The maximum Gasteiger partial charge on any atom is 0.252 e. The largest absolute Gasteiger partial charge is 0.396 e. The molecule has 2 N–H and O–H groups in total. The van der Waals surface area contributed by atoms with E-state index in [4.69, 9.17) is 5.73 Å². The van der Waals surface area contributed by atoms with Crippen molar-refractivity contribution in [1.29, 1.82) is 5.26 Å². The van der Waals surface area contributed by atoms with Crippen LogP contribution in [0.3, 0.4) is 0 Å². The molecule has 0 radical (unpaired) electrons. The van der Waals surface area contributed by atoms with E-state index in [0.717, 1.165) is 11.1 Å². The summed E-state index contributed by atoms with van der Waals surface area (Å²) in [6, 6.07) is 5.39. The van der Waals surface area contributed by atoms with Crippen LogP contribution in [-0.4, -0.2) is 26.2 Å². The first kappa shape index (κ1) is 16.3. The Hall–Kier alpha value is -3.15. The van der Waals surface area contributed by atoms with Crippen molar-refractivity contribution < 1.29 is 13.4 Å². The van der Waals surface area contributed by atoms with Crippen LogP contribution in [0.15, 0.2) is 23.0 Å². The van der Waals surface area contributed by atoms with Crippen LogP contribution in [0.25, 0.3) is 11.2 Å². The van der Waals surface area contributed by atoms with Crippen LogP contribution in [0.1, 0.15) is 35.4 Å². The van der Waals surface area contributed by atoms with Crippen molar-refractivity contribution in [2.75, 3.05) is 5.73 Å². The fourth-order valence-electron chi connectivity index (χ4n) is 3.38. The number of nitrogens with zero attached hydrogens (tertiary/aromatic N) is 5. The summed E-state index contributed by atoms with van der Waals surface area (Å²) in [6.07, 6.45) is 1.04. The van der Waals surface area contributed by atoms with Gasteiger partial charge in [0.15, 0.2) is 5.52 Å². The molecule has 26 heavy (non-hydrogen) atoms. The van der Waals surface area contributed by atoms with Crippen LogP contribution in [0.2, 0.25) is 0 Å². The first-order valence-corrected chi connectivity index (χ1v) is 7.95. The van der Waals surface area contributed by atoms with E-state index >= 15 is 0 Å². The average Bonchev–Trinajstić information content (AvgIpc) is 3.05. The lowest BCUT2D eigenvalue weighted by Gasteiger charge is -2.41.